The molecular formula is C17H18ClNO3. The van der Waals surface area contributed by atoms with Crippen molar-refractivity contribution in [2.45, 2.75) is 13.8 Å². The SMILES string of the molecule is CCOc1ccc(NC(=O)c2cccc(Cl)c2)cc1OCC. The second-order valence-electron chi connectivity index (χ2n) is 4.49. The van der Waals surface area contributed by atoms with Crippen molar-refractivity contribution >= 4 is 23.2 Å². The van der Waals surface area contributed by atoms with E-state index in [9.17, 15) is 4.79 Å². The molecule has 1 amide bonds. The van der Waals surface area contributed by atoms with E-state index >= 15 is 0 Å². The highest BCUT2D eigenvalue weighted by Gasteiger charge is 2.10. The number of rotatable bonds is 6. The van der Waals surface area contributed by atoms with E-state index in [0.717, 1.165) is 0 Å². The number of hydrogen-bond acceptors (Lipinski definition) is 3. The second kappa shape index (κ2) is 7.71. The number of carbonyl (C=O) groups is 1. The molecular weight excluding hydrogens is 302 g/mol. The quantitative estimate of drug-likeness (QED) is 0.859. The molecule has 0 aliphatic heterocycles. The Bertz CT molecular complexity index is 658. The van der Waals surface area contributed by atoms with Crippen molar-refractivity contribution in [2.75, 3.05) is 18.5 Å². The van der Waals surface area contributed by atoms with Gasteiger partial charge in [-0.25, -0.2) is 0 Å². The van der Waals surface area contributed by atoms with Crippen LogP contribution in [0.25, 0.3) is 0 Å². The zero-order valence-electron chi connectivity index (χ0n) is 12.6. The molecule has 0 heterocycles. The number of nitrogens with one attached hydrogen (secondary N) is 1. The minimum absolute atomic E-state index is 0.228. The fraction of sp³-hybridized carbons (Fsp3) is 0.235. The minimum atomic E-state index is -0.228. The summed E-state index contributed by atoms with van der Waals surface area (Å²) in [5.41, 5.74) is 1.14. The van der Waals surface area contributed by atoms with Crippen molar-refractivity contribution < 1.29 is 14.3 Å². The van der Waals surface area contributed by atoms with E-state index in [1.807, 2.05) is 13.8 Å². The topological polar surface area (TPSA) is 47.6 Å². The number of carbonyl (C=O) groups excluding carboxylic acids is 1. The van der Waals surface area contributed by atoms with E-state index in [0.29, 0.717) is 41.0 Å². The lowest BCUT2D eigenvalue weighted by Gasteiger charge is -2.13. The summed E-state index contributed by atoms with van der Waals surface area (Å²) in [4.78, 5) is 12.2. The first-order chi connectivity index (χ1) is 10.6. The Kier molecular flexibility index (Phi) is 5.67. The molecule has 22 heavy (non-hydrogen) atoms. The predicted molar refractivity (Wildman–Crippen MR) is 88.2 cm³/mol. The summed E-state index contributed by atoms with van der Waals surface area (Å²) in [6.45, 7) is 4.87. The number of anilines is 1. The summed E-state index contributed by atoms with van der Waals surface area (Å²) in [7, 11) is 0. The van der Waals surface area contributed by atoms with Crippen molar-refractivity contribution in [1.29, 1.82) is 0 Å². The van der Waals surface area contributed by atoms with E-state index in [4.69, 9.17) is 21.1 Å². The smallest absolute Gasteiger partial charge is 0.255 e. The van der Waals surface area contributed by atoms with E-state index in [2.05, 4.69) is 5.32 Å². The molecule has 2 aromatic rings. The molecule has 0 aromatic heterocycles. The van der Waals surface area contributed by atoms with Crippen LogP contribution in [0.15, 0.2) is 42.5 Å². The maximum Gasteiger partial charge on any atom is 0.255 e. The van der Waals surface area contributed by atoms with Crippen molar-refractivity contribution in [3.8, 4) is 11.5 Å². The Hall–Kier alpha value is -2.20. The van der Waals surface area contributed by atoms with Crippen molar-refractivity contribution in [3.63, 3.8) is 0 Å². The zero-order chi connectivity index (χ0) is 15.9. The standard InChI is InChI=1S/C17H18ClNO3/c1-3-21-15-9-8-14(11-16(15)22-4-2)19-17(20)12-6-5-7-13(18)10-12/h5-11H,3-4H2,1-2H3,(H,19,20). The second-order valence-corrected chi connectivity index (χ2v) is 4.93. The third kappa shape index (κ3) is 4.15. The summed E-state index contributed by atoms with van der Waals surface area (Å²) in [5.74, 6) is 1.03. The van der Waals surface area contributed by atoms with Gasteiger partial charge in [0.15, 0.2) is 11.5 Å². The number of ether oxygens (including phenoxy) is 2. The van der Waals surface area contributed by atoms with Crippen LogP contribution in [0.1, 0.15) is 24.2 Å². The summed E-state index contributed by atoms with van der Waals surface area (Å²) in [6.07, 6.45) is 0. The first-order valence-electron chi connectivity index (χ1n) is 7.10. The molecule has 116 valence electrons. The fourth-order valence-electron chi connectivity index (χ4n) is 1.96. The van der Waals surface area contributed by atoms with Gasteiger partial charge in [-0.3, -0.25) is 4.79 Å². The zero-order valence-corrected chi connectivity index (χ0v) is 13.3. The molecule has 0 bridgehead atoms. The van der Waals surface area contributed by atoms with Gasteiger partial charge in [-0.2, -0.15) is 0 Å². The molecule has 5 heteroatoms. The average Bonchev–Trinajstić information content (AvgIpc) is 2.50. The van der Waals surface area contributed by atoms with Crippen LogP contribution in [0.5, 0.6) is 11.5 Å². The van der Waals surface area contributed by atoms with Gasteiger partial charge in [0.05, 0.1) is 13.2 Å². The molecule has 0 radical (unpaired) electrons. The average molecular weight is 320 g/mol. The highest BCUT2D eigenvalue weighted by molar-refractivity contribution is 6.31. The van der Waals surface area contributed by atoms with E-state index in [-0.39, 0.29) is 5.91 Å². The van der Waals surface area contributed by atoms with Crippen LogP contribution < -0.4 is 14.8 Å². The largest absolute Gasteiger partial charge is 0.490 e. The number of amides is 1. The molecule has 0 aliphatic rings. The van der Waals surface area contributed by atoms with E-state index in [1.54, 1.807) is 42.5 Å². The van der Waals surface area contributed by atoms with Gasteiger partial charge in [-0.05, 0) is 44.2 Å². The molecule has 4 nitrogen and oxygen atoms in total. The van der Waals surface area contributed by atoms with Crippen molar-refractivity contribution in [3.05, 3.63) is 53.1 Å². The lowest BCUT2D eigenvalue weighted by Crippen LogP contribution is -2.12. The normalized spacial score (nSPS) is 10.1. The van der Waals surface area contributed by atoms with Gasteiger partial charge >= 0.3 is 0 Å². The maximum atomic E-state index is 12.2. The highest BCUT2D eigenvalue weighted by atomic mass is 35.5. The summed E-state index contributed by atoms with van der Waals surface area (Å²) >= 11 is 5.90. The summed E-state index contributed by atoms with van der Waals surface area (Å²) in [6, 6.07) is 12.1. The summed E-state index contributed by atoms with van der Waals surface area (Å²) in [5, 5.41) is 3.34. The van der Waals surface area contributed by atoms with Crippen molar-refractivity contribution in [1.82, 2.24) is 0 Å². The third-order valence-electron chi connectivity index (χ3n) is 2.89. The Morgan fingerprint density at radius 3 is 2.45 bits per heavy atom. The first-order valence-corrected chi connectivity index (χ1v) is 7.48. The number of halogens is 1. The van der Waals surface area contributed by atoms with Gasteiger partial charge in [-0.1, -0.05) is 17.7 Å². The molecule has 2 rings (SSSR count). The van der Waals surface area contributed by atoms with Crippen LogP contribution in [-0.2, 0) is 0 Å². The van der Waals surface area contributed by atoms with Gasteiger partial charge in [0.1, 0.15) is 0 Å². The molecule has 0 saturated carbocycles. The van der Waals surface area contributed by atoms with Crippen molar-refractivity contribution in [2.24, 2.45) is 0 Å². The van der Waals surface area contributed by atoms with E-state index < -0.39 is 0 Å². The molecule has 0 unspecified atom stereocenters. The van der Waals surface area contributed by atoms with Crippen LogP contribution in [0, 0.1) is 0 Å². The fourth-order valence-corrected chi connectivity index (χ4v) is 2.15. The van der Waals surface area contributed by atoms with E-state index in [1.165, 1.54) is 0 Å². The Balaban J connectivity index is 2.18. The van der Waals surface area contributed by atoms with Gasteiger partial charge in [0.25, 0.3) is 5.91 Å². The highest BCUT2D eigenvalue weighted by Crippen LogP contribution is 2.30. The predicted octanol–water partition coefficient (Wildman–Crippen LogP) is 4.39. The van der Waals surface area contributed by atoms with Crippen LogP contribution in [0.4, 0.5) is 5.69 Å². The molecule has 0 aliphatic carbocycles. The van der Waals surface area contributed by atoms with Gasteiger partial charge < -0.3 is 14.8 Å². The number of hydrogen-bond donors (Lipinski definition) is 1. The number of benzene rings is 2. The van der Waals surface area contributed by atoms with Crippen LogP contribution in [0.2, 0.25) is 5.02 Å². The lowest BCUT2D eigenvalue weighted by atomic mass is 10.2. The van der Waals surface area contributed by atoms with Crippen LogP contribution in [0.3, 0.4) is 0 Å². The van der Waals surface area contributed by atoms with Crippen LogP contribution in [-0.4, -0.2) is 19.1 Å². The Labute approximate surface area is 135 Å². The molecule has 0 atom stereocenters. The molecule has 0 saturated heterocycles. The maximum absolute atomic E-state index is 12.2. The monoisotopic (exact) mass is 319 g/mol. The molecule has 2 aromatic carbocycles. The van der Waals surface area contributed by atoms with Gasteiger partial charge in [-0.15, -0.1) is 0 Å². The van der Waals surface area contributed by atoms with Gasteiger partial charge in [0, 0.05) is 22.3 Å². The molecule has 0 fully saturated rings. The minimum Gasteiger partial charge on any atom is -0.490 e. The summed E-state index contributed by atoms with van der Waals surface area (Å²) < 4.78 is 11.0. The molecule has 1 N–H and O–H groups in total. The Morgan fingerprint density at radius 1 is 1.05 bits per heavy atom. The van der Waals surface area contributed by atoms with Gasteiger partial charge in [0.2, 0.25) is 0 Å². The molecule has 0 spiro atoms. The first kappa shape index (κ1) is 16.2. The van der Waals surface area contributed by atoms with Crippen LogP contribution >= 0.6 is 11.6 Å². The lowest BCUT2D eigenvalue weighted by molar-refractivity contribution is 0.102. The Morgan fingerprint density at radius 2 is 1.77 bits per heavy atom. The third-order valence-corrected chi connectivity index (χ3v) is 3.12.